The van der Waals surface area contributed by atoms with Crippen LogP contribution in [0.2, 0.25) is 0 Å². The maximum atomic E-state index is 11.8. The molecule has 0 unspecified atom stereocenters. The van der Waals surface area contributed by atoms with Crippen molar-refractivity contribution in [2.45, 2.75) is 13.5 Å². The zero-order valence-electron chi connectivity index (χ0n) is 11.6. The number of hydrogen-bond donors (Lipinski definition) is 2. The Kier molecular flexibility index (Phi) is 5.10. The summed E-state index contributed by atoms with van der Waals surface area (Å²) in [6.07, 6.45) is 0. The number of amides is 3. The molecule has 0 saturated heterocycles. The van der Waals surface area contributed by atoms with Crippen LogP contribution in [0.5, 0.6) is 0 Å². The summed E-state index contributed by atoms with van der Waals surface area (Å²) in [6, 6.07) is 6.40. The molecule has 1 aromatic carbocycles. The third kappa shape index (κ3) is 3.82. The molecule has 3 amide bonds. The second-order valence-electron chi connectivity index (χ2n) is 4.28. The number of aromatic nitrogens is 2. The number of halogens is 1. The average molecular weight is 369 g/mol. The van der Waals surface area contributed by atoms with Crippen molar-refractivity contribution in [1.82, 2.24) is 20.4 Å². The first-order chi connectivity index (χ1) is 10.5. The molecular formula is C13H13BrN4O4. The molecule has 0 radical (unpaired) electrons. The Labute approximate surface area is 133 Å². The number of rotatable bonds is 4. The van der Waals surface area contributed by atoms with Crippen LogP contribution in [0.4, 0.5) is 4.79 Å². The van der Waals surface area contributed by atoms with Crippen LogP contribution in [0.1, 0.15) is 6.92 Å². The molecule has 0 atom stereocenters. The van der Waals surface area contributed by atoms with Gasteiger partial charge in [0.05, 0.1) is 0 Å². The predicted molar refractivity (Wildman–Crippen MR) is 81.1 cm³/mol. The molecule has 22 heavy (non-hydrogen) atoms. The van der Waals surface area contributed by atoms with E-state index in [4.69, 9.17) is 0 Å². The normalized spacial score (nSPS) is 10.3. The summed E-state index contributed by atoms with van der Waals surface area (Å²) in [5, 5.41) is 8.20. The van der Waals surface area contributed by atoms with E-state index in [1.165, 1.54) is 0 Å². The second kappa shape index (κ2) is 7.03. The predicted octanol–water partition coefficient (Wildman–Crippen LogP) is 1.11. The monoisotopic (exact) mass is 368 g/mol. The highest BCUT2D eigenvalue weighted by Gasteiger charge is 2.17. The Balaban J connectivity index is 2.22. The first-order valence-corrected chi connectivity index (χ1v) is 7.20. The molecule has 0 aliphatic heterocycles. The second-order valence-corrected chi connectivity index (χ2v) is 5.19. The molecule has 9 heteroatoms. The third-order valence-electron chi connectivity index (χ3n) is 2.66. The first-order valence-electron chi connectivity index (χ1n) is 6.41. The van der Waals surface area contributed by atoms with Gasteiger partial charge in [-0.2, -0.15) is 0 Å². The third-order valence-corrected chi connectivity index (χ3v) is 3.15. The van der Waals surface area contributed by atoms with Crippen LogP contribution in [-0.4, -0.2) is 28.2 Å². The summed E-state index contributed by atoms with van der Waals surface area (Å²) in [4.78, 5) is 34.8. The molecule has 0 saturated carbocycles. The van der Waals surface area contributed by atoms with Gasteiger partial charge in [0.1, 0.15) is 6.54 Å². The summed E-state index contributed by atoms with van der Waals surface area (Å²) in [5.74, 6) is -1.22. The van der Waals surface area contributed by atoms with Gasteiger partial charge in [-0.3, -0.25) is 14.6 Å². The van der Waals surface area contributed by atoms with E-state index in [9.17, 15) is 14.4 Å². The Morgan fingerprint density at radius 1 is 1.41 bits per heavy atom. The summed E-state index contributed by atoms with van der Waals surface area (Å²) >= 11 is 3.31. The summed E-state index contributed by atoms with van der Waals surface area (Å²) < 4.78 is 6.45. The molecule has 2 rings (SSSR count). The number of benzene rings is 1. The van der Waals surface area contributed by atoms with E-state index in [2.05, 4.69) is 36.2 Å². The standard InChI is InChI=1S/C13H13BrN4O4/c1-2-15-12(20)16-10(19)7-18-11(17-22-13(18)21)8-4-3-5-9(14)6-8/h3-6H,2,7H2,1H3,(H2,15,16,19,20). The van der Waals surface area contributed by atoms with Crippen molar-refractivity contribution < 1.29 is 14.1 Å². The van der Waals surface area contributed by atoms with E-state index in [1.54, 1.807) is 25.1 Å². The van der Waals surface area contributed by atoms with Gasteiger partial charge in [-0.25, -0.2) is 14.2 Å². The minimum atomic E-state index is -0.777. The largest absolute Gasteiger partial charge is 0.442 e. The number of carbonyl (C=O) groups is 2. The molecule has 0 bridgehead atoms. The summed E-state index contributed by atoms with van der Waals surface area (Å²) in [7, 11) is 0. The number of nitrogens with zero attached hydrogens (tertiary/aromatic N) is 2. The first kappa shape index (κ1) is 16.0. The fraction of sp³-hybridized carbons (Fsp3) is 0.231. The highest BCUT2D eigenvalue weighted by atomic mass is 79.9. The van der Waals surface area contributed by atoms with Gasteiger partial charge in [0.15, 0.2) is 5.82 Å². The number of carbonyl (C=O) groups excluding carboxylic acids is 2. The lowest BCUT2D eigenvalue weighted by Crippen LogP contribution is -2.41. The van der Waals surface area contributed by atoms with Gasteiger partial charge >= 0.3 is 11.8 Å². The fourth-order valence-electron chi connectivity index (χ4n) is 1.76. The van der Waals surface area contributed by atoms with Crippen LogP contribution in [0.15, 0.2) is 38.1 Å². The molecule has 1 aromatic heterocycles. The quantitative estimate of drug-likeness (QED) is 0.840. The van der Waals surface area contributed by atoms with Crippen molar-refractivity contribution in [3.05, 3.63) is 39.3 Å². The fourth-order valence-corrected chi connectivity index (χ4v) is 2.16. The van der Waals surface area contributed by atoms with Gasteiger partial charge < -0.3 is 5.32 Å². The molecule has 0 aliphatic carbocycles. The highest BCUT2D eigenvalue weighted by molar-refractivity contribution is 9.10. The minimum Gasteiger partial charge on any atom is -0.338 e. The van der Waals surface area contributed by atoms with Crippen LogP contribution in [0.25, 0.3) is 11.4 Å². The Hall–Kier alpha value is -2.42. The van der Waals surface area contributed by atoms with Crippen molar-refractivity contribution in [1.29, 1.82) is 0 Å². The van der Waals surface area contributed by atoms with Gasteiger partial charge in [0, 0.05) is 16.6 Å². The van der Waals surface area contributed by atoms with Gasteiger partial charge in [-0.1, -0.05) is 33.2 Å². The maximum Gasteiger partial charge on any atom is 0.442 e. The molecule has 1 heterocycles. The topological polar surface area (TPSA) is 106 Å². The van der Waals surface area contributed by atoms with Crippen molar-refractivity contribution in [2.75, 3.05) is 6.54 Å². The van der Waals surface area contributed by atoms with E-state index in [0.29, 0.717) is 12.1 Å². The van der Waals surface area contributed by atoms with Crippen molar-refractivity contribution in [3.63, 3.8) is 0 Å². The van der Waals surface area contributed by atoms with E-state index in [0.717, 1.165) is 9.04 Å². The zero-order chi connectivity index (χ0) is 16.1. The minimum absolute atomic E-state index is 0.206. The van der Waals surface area contributed by atoms with Crippen molar-refractivity contribution >= 4 is 27.9 Å². The molecule has 8 nitrogen and oxygen atoms in total. The SMILES string of the molecule is CCNC(=O)NC(=O)Cn1c(-c2cccc(Br)c2)noc1=O. The Morgan fingerprint density at radius 2 is 2.18 bits per heavy atom. The zero-order valence-corrected chi connectivity index (χ0v) is 13.2. The Bertz CT molecular complexity index is 752. The molecule has 0 aliphatic rings. The van der Waals surface area contributed by atoms with Crippen LogP contribution < -0.4 is 16.4 Å². The summed E-state index contributed by atoms with van der Waals surface area (Å²) in [5.41, 5.74) is 0.603. The molecule has 0 fully saturated rings. The number of hydrogen-bond acceptors (Lipinski definition) is 5. The number of urea groups is 1. The van der Waals surface area contributed by atoms with E-state index in [1.807, 2.05) is 6.07 Å². The van der Waals surface area contributed by atoms with Crippen LogP contribution in [0.3, 0.4) is 0 Å². The Morgan fingerprint density at radius 3 is 2.86 bits per heavy atom. The van der Waals surface area contributed by atoms with Gasteiger partial charge in [0.25, 0.3) is 0 Å². The smallest absolute Gasteiger partial charge is 0.338 e. The lowest BCUT2D eigenvalue weighted by molar-refractivity contribution is -0.120. The van der Waals surface area contributed by atoms with Gasteiger partial charge in [0.2, 0.25) is 5.91 Å². The van der Waals surface area contributed by atoms with E-state index < -0.39 is 17.7 Å². The lowest BCUT2D eigenvalue weighted by Gasteiger charge is -2.06. The maximum absolute atomic E-state index is 11.8. The molecule has 116 valence electrons. The van der Waals surface area contributed by atoms with Crippen LogP contribution in [-0.2, 0) is 11.3 Å². The molecular weight excluding hydrogens is 356 g/mol. The average Bonchev–Trinajstić information content (AvgIpc) is 2.80. The molecule has 2 aromatic rings. The van der Waals surface area contributed by atoms with E-state index >= 15 is 0 Å². The van der Waals surface area contributed by atoms with Crippen LogP contribution in [0, 0.1) is 0 Å². The summed E-state index contributed by atoms with van der Waals surface area (Å²) in [6.45, 7) is 1.73. The van der Waals surface area contributed by atoms with E-state index in [-0.39, 0.29) is 12.4 Å². The van der Waals surface area contributed by atoms with Gasteiger partial charge in [-0.05, 0) is 19.1 Å². The lowest BCUT2D eigenvalue weighted by atomic mass is 10.2. The number of nitrogens with one attached hydrogen (secondary N) is 2. The van der Waals surface area contributed by atoms with Crippen LogP contribution >= 0.6 is 15.9 Å². The number of imide groups is 1. The molecule has 0 spiro atoms. The highest BCUT2D eigenvalue weighted by Crippen LogP contribution is 2.20. The van der Waals surface area contributed by atoms with Crippen molar-refractivity contribution in [3.8, 4) is 11.4 Å². The van der Waals surface area contributed by atoms with Gasteiger partial charge in [-0.15, -0.1) is 0 Å². The molecule has 2 N–H and O–H groups in total. The van der Waals surface area contributed by atoms with Crippen molar-refractivity contribution in [2.24, 2.45) is 0 Å².